The third kappa shape index (κ3) is 3.44. The molecule has 0 saturated carbocycles. The fourth-order valence-electron chi connectivity index (χ4n) is 2.45. The van der Waals surface area contributed by atoms with Crippen molar-refractivity contribution >= 4 is 5.91 Å². The minimum absolute atomic E-state index is 0.154. The second-order valence-corrected chi connectivity index (χ2v) is 5.40. The Morgan fingerprint density at radius 2 is 2.29 bits per heavy atom. The van der Waals surface area contributed by atoms with Crippen molar-refractivity contribution in [3.63, 3.8) is 0 Å². The SMILES string of the molecule is CN(CCC#N)C(=O)C(C)(C)C1CCCNC1. The van der Waals surface area contributed by atoms with Crippen molar-refractivity contribution in [2.24, 2.45) is 11.3 Å². The molecule has 4 heteroatoms. The van der Waals surface area contributed by atoms with Crippen LogP contribution in [0, 0.1) is 22.7 Å². The lowest BCUT2D eigenvalue weighted by molar-refractivity contribution is -0.142. The Morgan fingerprint density at radius 3 is 2.82 bits per heavy atom. The topological polar surface area (TPSA) is 56.1 Å². The summed E-state index contributed by atoms with van der Waals surface area (Å²) < 4.78 is 0. The molecule has 0 aliphatic carbocycles. The first-order chi connectivity index (χ1) is 8.00. The average Bonchev–Trinajstić information content (AvgIpc) is 2.36. The molecule has 1 N–H and O–H groups in total. The fraction of sp³-hybridized carbons (Fsp3) is 0.846. The standard InChI is InChI=1S/C13H23N3O/c1-13(2,11-6-4-8-15-10-11)12(17)16(3)9-5-7-14/h11,15H,4-6,8-10H2,1-3H3. The van der Waals surface area contributed by atoms with Crippen LogP contribution in [0.3, 0.4) is 0 Å². The normalized spacial score (nSPS) is 20.7. The number of rotatable bonds is 4. The fourth-order valence-corrected chi connectivity index (χ4v) is 2.45. The summed E-state index contributed by atoms with van der Waals surface area (Å²) in [5.41, 5.74) is -0.336. The van der Waals surface area contributed by atoms with Crippen LogP contribution in [0.2, 0.25) is 0 Å². The van der Waals surface area contributed by atoms with Crippen molar-refractivity contribution in [2.75, 3.05) is 26.7 Å². The van der Waals surface area contributed by atoms with Crippen LogP contribution in [-0.2, 0) is 4.79 Å². The zero-order valence-corrected chi connectivity index (χ0v) is 11.1. The predicted octanol–water partition coefficient (Wildman–Crippen LogP) is 1.38. The maximum atomic E-state index is 12.4. The van der Waals surface area contributed by atoms with Gasteiger partial charge in [0, 0.05) is 19.0 Å². The molecule has 1 unspecified atom stereocenters. The van der Waals surface area contributed by atoms with Gasteiger partial charge in [-0.15, -0.1) is 0 Å². The molecule has 1 heterocycles. The van der Waals surface area contributed by atoms with Gasteiger partial charge >= 0.3 is 0 Å². The summed E-state index contributed by atoms with van der Waals surface area (Å²) in [6.45, 7) is 6.56. The Morgan fingerprint density at radius 1 is 1.59 bits per heavy atom. The summed E-state index contributed by atoms with van der Waals surface area (Å²) in [4.78, 5) is 14.1. The van der Waals surface area contributed by atoms with Crippen LogP contribution >= 0.6 is 0 Å². The lowest BCUT2D eigenvalue weighted by Gasteiger charge is -2.38. The molecule has 0 aromatic rings. The van der Waals surface area contributed by atoms with Gasteiger partial charge < -0.3 is 10.2 Å². The third-order valence-corrected chi connectivity index (χ3v) is 3.77. The maximum Gasteiger partial charge on any atom is 0.228 e. The van der Waals surface area contributed by atoms with E-state index in [1.807, 2.05) is 13.8 Å². The maximum absolute atomic E-state index is 12.4. The van der Waals surface area contributed by atoms with Crippen LogP contribution in [0.4, 0.5) is 0 Å². The monoisotopic (exact) mass is 237 g/mol. The summed E-state index contributed by atoms with van der Waals surface area (Å²) >= 11 is 0. The van der Waals surface area contributed by atoms with Gasteiger partial charge in [-0.3, -0.25) is 4.79 Å². The van der Waals surface area contributed by atoms with E-state index in [9.17, 15) is 4.79 Å². The minimum atomic E-state index is -0.336. The summed E-state index contributed by atoms with van der Waals surface area (Å²) in [5, 5.41) is 11.9. The van der Waals surface area contributed by atoms with Gasteiger partial charge in [0.1, 0.15) is 0 Å². The number of hydrogen-bond donors (Lipinski definition) is 1. The van der Waals surface area contributed by atoms with E-state index in [0.717, 1.165) is 25.9 Å². The Kier molecular flexibility index (Phi) is 4.95. The highest BCUT2D eigenvalue weighted by Gasteiger charge is 2.38. The average molecular weight is 237 g/mol. The molecule has 0 aromatic heterocycles. The smallest absolute Gasteiger partial charge is 0.228 e. The quantitative estimate of drug-likeness (QED) is 0.803. The molecule has 1 fully saturated rings. The number of piperidine rings is 1. The van der Waals surface area contributed by atoms with Crippen LogP contribution in [0.25, 0.3) is 0 Å². The minimum Gasteiger partial charge on any atom is -0.344 e. The first-order valence-corrected chi connectivity index (χ1v) is 6.33. The van der Waals surface area contributed by atoms with Gasteiger partial charge in [-0.25, -0.2) is 0 Å². The molecule has 1 amide bonds. The molecule has 1 saturated heterocycles. The van der Waals surface area contributed by atoms with E-state index in [1.165, 1.54) is 0 Å². The van der Waals surface area contributed by atoms with Crippen molar-refractivity contribution < 1.29 is 4.79 Å². The van der Waals surface area contributed by atoms with Crippen molar-refractivity contribution in [3.8, 4) is 6.07 Å². The zero-order valence-electron chi connectivity index (χ0n) is 11.1. The van der Waals surface area contributed by atoms with E-state index in [0.29, 0.717) is 18.9 Å². The summed E-state index contributed by atoms with van der Waals surface area (Å²) in [6.07, 6.45) is 2.66. The van der Waals surface area contributed by atoms with Crippen molar-refractivity contribution in [1.29, 1.82) is 5.26 Å². The van der Waals surface area contributed by atoms with E-state index in [4.69, 9.17) is 5.26 Å². The van der Waals surface area contributed by atoms with E-state index in [2.05, 4.69) is 11.4 Å². The number of carbonyl (C=O) groups excluding carboxylic acids is 1. The van der Waals surface area contributed by atoms with E-state index < -0.39 is 0 Å². The molecule has 1 aliphatic rings. The summed E-state index contributed by atoms with van der Waals surface area (Å²) in [5.74, 6) is 0.551. The van der Waals surface area contributed by atoms with Crippen molar-refractivity contribution in [2.45, 2.75) is 33.1 Å². The van der Waals surface area contributed by atoms with E-state index in [1.54, 1.807) is 11.9 Å². The number of hydrogen-bond acceptors (Lipinski definition) is 3. The van der Waals surface area contributed by atoms with Crippen molar-refractivity contribution in [3.05, 3.63) is 0 Å². The van der Waals surface area contributed by atoms with Gasteiger partial charge in [0.05, 0.1) is 12.5 Å². The van der Waals surface area contributed by atoms with Gasteiger partial charge in [-0.2, -0.15) is 5.26 Å². The van der Waals surface area contributed by atoms with Gasteiger partial charge in [0.25, 0.3) is 0 Å². The molecule has 1 aliphatic heterocycles. The molecule has 1 rings (SSSR count). The summed E-state index contributed by atoms with van der Waals surface area (Å²) in [6, 6.07) is 2.08. The molecule has 0 radical (unpaired) electrons. The van der Waals surface area contributed by atoms with Crippen LogP contribution < -0.4 is 5.32 Å². The van der Waals surface area contributed by atoms with Gasteiger partial charge in [0.2, 0.25) is 5.91 Å². The number of nitriles is 1. The zero-order chi connectivity index (χ0) is 12.9. The highest BCUT2D eigenvalue weighted by Crippen LogP contribution is 2.33. The first-order valence-electron chi connectivity index (χ1n) is 6.33. The highest BCUT2D eigenvalue weighted by molar-refractivity contribution is 5.82. The largest absolute Gasteiger partial charge is 0.344 e. The number of nitrogens with zero attached hydrogens (tertiary/aromatic N) is 2. The second-order valence-electron chi connectivity index (χ2n) is 5.40. The lowest BCUT2D eigenvalue weighted by atomic mass is 9.74. The molecule has 17 heavy (non-hydrogen) atoms. The molecule has 4 nitrogen and oxygen atoms in total. The molecule has 1 atom stereocenters. The van der Waals surface area contributed by atoms with Crippen LogP contribution in [-0.4, -0.2) is 37.5 Å². The third-order valence-electron chi connectivity index (χ3n) is 3.77. The lowest BCUT2D eigenvalue weighted by Crippen LogP contribution is -2.48. The van der Waals surface area contributed by atoms with Crippen LogP contribution in [0.1, 0.15) is 33.1 Å². The van der Waals surface area contributed by atoms with Gasteiger partial charge in [-0.1, -0.05) is 13.8 Å². The summed E-state index contributed by atoms with van der Waals surface area (Å²) in [7, 11) is 1.79. The van der Waals surface area contributed by atoms with E-state index >= 15 is 0 Å². The van der Waals surface area contributed by atoms with Crippen molar-refractivity contribution in [1.82, 2.24) is 10.2 Å². The molecular weight excluding hydrogens is 214 g/mol. The molecule has 0 bridgehead atoms. The molecule has 96 valence electrons. The number of nitrogens with one attached hydrogen (secondary N) is 1. The Balaban J connectivity index is 2.61. The Hall–Kier alpha value is -1.08. The predicted molar refractivity (Wildman–Crippen MR) is 67.2 cm³/mol. The van der Waals surface area contributed by atoms with E-state index in [-0.39, 0.29) is 11.3 Å². The second kappa shape index (κ2) is 6.02. The Bertz CT molecular complexity index is 300. The Labute approximate surface area is 104 Å². The molecule has 0 aromatic carbocycles. The van der Waals surface area contributed by atoms with Gasteiger partial charge in [-0.05, 0) is 31.8 Å². The molecular formula is C13H23N3O. The molecule has 0 spiro atoms. The number of amides is 1. The number of carbonyl (C=O) groups is 1. The van der Waals surface area contributed by atoms with Crippen LogP contribution in [0.5, 0.6) is 0 Å². The first kappa shape index (κ1) is 14.0. The van der Waals surface area contributed by atoms with Crippen LogP contribution in [0.15, 0.2) is 0 Å². The highest BCUT2D eigenvalue weighted by atomic mass is 16.2. The van der Waals surface area contributed by atoms with Gasteiger partial charge in [0.15, 0.2) is 0 Å².